The molecule has 0 aliphatic heterocycles. The molecule has 0 atom stereocenters. The van der Waals surface area contributed by atoms with Crippen molar-refractivity contribution < 1.29 is 8.42 Å². The van der Waals surface area contributed by atoms with Crippen molar-refractivity contribution >= 4 is 15.7 Å². The number of benzene rings is 1. The van der Waals surface area contributed by atoms with Crippen molar-refractivity contribution in [3.05, 3.63) is 29.5 Å². The van der Waals surface area contributed by atoms with Gasteiger partial charge in [-0.25, -0.2) is 8.42 Å². The molecule has 1 aromatic heterocycles. The number of nitrogens with two attached hydrogens (primary N) is 1. The van der Waals surface area contributed by atoms with Crippen molar-refractivity contribution in [1.82, 2.24) is 10.2 Å². The summed E-state index contributed by atoms with van der Waals surface area (Å²) in [5, 5.41) is 6.44. The van der Waals surface area contributed by atoms with E-state index in [1.54, 1.807) is 6.07 Å². The van der Waals surface area contributed by atoms with Gasteiger partial charge in [-0.05, 0) is 37.1 Å². The number of sulfone groups is 1. The van der Waals surface area contributed by atoms with E-state index in [1.165, 1.54) is 12.5 Å². The molecule has 0 unspecified atom stereocenters. The first-order chi connectivity index (χ1) is 8.30. The van der Waals surface area contributed by atoms with E-state index in [9.17, 15) is 8.42 Å². The van der Waals surface area contributed by atoms with Crippen molar-refractivity contribution in [2.24, 2.45) is 0 Å². The molecule has 96 valence electrons. The zero-order chi connectivity index (χ0) is 13.5. The van der Waals surface area contributed by atoms with Crippen molar-refractivity contribution in [2.75, 3.05) is 12.0 Å². The smallest absolute Gasteiger partial charge is 0.176 e. The molecule has 6 heteroatoms. The summed E-state index contributed by atoms with van der Waals surface area (Å²) in [6.07, 6.45) is 2.73. The summed E-state index contributed by atoms with van der Waals surface area (Å²) in [4.78, 5) is 0.277. The molecule has 0 radical (unpaired) electrons. The Balaban J connectivity index is 2.82. The summed E-state index contributed by atoms with van der Waals surface area (Å²) in [7, 11) is -3.31. The molecule has 0 saturated carbocycles. The maximum Gasteiger partial charge on any atom is 0.176 e. The van der Waals surface area contributed by atoms with Crippen LogP contribution >= 0.6 is 0 Å². The molecule has 1 heterocycles. The number of nitrogen functional groups attached to an aromatic ring is 1. The lowest BCUT2D eigenvalue weighted by Crippen LogP contribution is -2.02. The van der Waals surface area contributed by atoms with E-state index in [1.807, 2.05) is 19.9 Å². The molecular weight excluding hydrogens is 250 g/mol. The molecule has 3 N–H and O–H groups in total. The number of aromatic nitrogens is 2. The number of nitrogens with one attached hydrogen (secondary N) is 1. The predicted octanol–water partition coefficient (Wildman–Crippen LogP) is 1.68. The maximum atomic E-state index is 11.9. The summed E-state index contributed by atoms with van der Waals surface area (Å²) in [6.45, 7) is 3.81. The molecule has 1 aromatic carbocycles. The Labute approximate surface area is 106 Å². The fraction of sp³-hybridized carbons (Fsp3) is 0.250. The molecule has 0 saturated heterocycles. The van der Waals surface area contributed by atoms with Gasteiger partial charge in [0.25, 0.3) is 0 Å². The summed E-state index contributed by atoms with van der Waals surface area (Å²) in [5.74, 6) is 0.364. The SMILES string of the molecule is Cc1cc(-c2cn[nH]c2N)c(S(C)(=O)=O)cc1C. The average Bonchev–Trinajstić information content (AvgIpc) is 2.66. The van der Waals surface area contributed by atoms with Crippen LogP contribution in [0, 0.1) is 13.8 Å². The highest BCUT2D eigenvalue weighted by atomic mass is 32.2. The standard InChI is InChI=1S/C12H15N3O2S/c1-7-4-9(10-6-14-15-12(10)13)11(5-8(7)2)18(3,16)17/h4-6H,1-3H3,(H3,13,14,15). The van der Waals surface area contributed by atoms with Crippen molar-refractivity contribution in [3.63, 3.8) is 0 Å². The number of nitrogens with zero attached hydrogens (tertiary/aromatic N) is 1. The fourth-order valence-electron chi connectivity index (χ4n) is 1.82. The molecule has 0 bridgehead atoms. The van der Waals surface area contributed by atoms with Crippen LogP contribution < -0.4 is 5.73 Å². The van der Waals surface area contributed by atoms with Crippen LogP contribution in [0.3, 0.4) is 0 Å². The number of aromatic amines is 1. The Kier molecular flexibility index (Phi) is 2.90. The highest BCUT2D eigenvalue weighted by Gasteiger charge is 2.18. The molecule has 0 aliphatic rings. The minimum Gasteiger partial charge on any atom is -0.384 e. The first-order valence-corrected chi connectivity index (χ1v) is 7.30. The Morgan fingerprint density at radius 3 is 2.28 bits per heavy atom. The van der Waals surface area contributed by atoms with E-state index < -0.39 is 9.84 Å². The van der Waals surface area contributed by atoms with Crippen molar-refractivity contribution in [1.29, 1.82) is 0 Å². The van der Waals surface area contributed by atoms with Gasteiger partial charge < -0.3 is 5.73 Å². The Hall–Kier alpha value is -1.82. The van der Waals surface area contributed by atoms with Gasteiger partial charge in [0.05, 0.1) is 11.1 Å². The number of rotatable bonds is 2. The first-order valence-electron chi connectivity index (χ1n) is 5.41. The zero-order valence-electron chi connectivity index (χ0n) is 10.5. The predicted molar refractivity (Wildman–Crippen MR) is 71.0 cm³/mol. The van der Waals surface area contributed by atoms with E-state index in [0.29, 0.717) is 16.9 Å². The van der Waals surface area contributed by atoms with Crippen LogP contribution in [-0.2, 0) is 9.84 Å². The molecule has 18 heavy (non-hydrogen) atoms. The molecule has 2 rings (SSSR count). The van der Waals surface area contributed by atoms with Gasteiger partial charge in [0, 0.05) is 17.4 Å². The second-order valence-corrected chi connectivity index (χ2v) is 6.39. The van der Waals surface area contributed by atoms with Crippen LogP contribution in [0.15, 0.2) is 23.2 Å². The minimum absolute atomic E-state index is 0.277. The molecule has 2 aromatic rings. The van der Waals surface area contributed by atoms with E-state index in [0.717, 1.165) is 11.1 Å². The monoisotopic (exact) mass is 265 g/mol. The van der Waals surface area contributed by atoms with Gasteiger partial charge in [0.15, 0.2) is 9.84 Å². The highest BCUT2D eigenvalue weighted by molar-refractivity contribution is 7.90. The third-order valence-corrected chi connectivity index (χ3v) is 4.09. The van der Waals surface area contributed by atoms with Gasteiger partial charge in [0.2, 0.25) is 0 Å². The molecule has 0 fully saturated rings. The average molecular weight is 265 g/mol. The second kappa shape index (κ2) is 4.13. The lowest BCUT2D eigenvalue weighted by Gasteiger charge is -2.11. The molecule has 0 amide bonds. The lowest BCUT2D eigenvalue weighted by atomic mass is 10.0. The summed E-state index contributed by atoms with van der Waals surface area (Å²) >= 11 is 0. The molecule has 0 spiro atoms. The molecule has 0 aliphatic carbocycles. The van der Waals surface area contributed by atoms with Crippen molar-refractivity contribution in [2.45, 2.75) is 18.7 Å². The van der Waals surface area contributed by atoms with Gasteiger partial charge in [-0.3, -0.25) is 5.10 Å². The fourth-order valence-corrected chi connectivity index (χ4v) is 2.78. The van der Waals surface area contributed by atoms with Gasteiger partial charge >= 0.3 is 0 Å². The Morgan fingerprint density at radius 1 is 1.17 bits per heavy atom. The highest BCUT2D eigenvalue weighted by Crippen LogP contribution is 2.32. The lowest BCUT2D eigenvalue weighted by molar-refractivity contribution is 0.602. The van der Waals surface area contributed by atoms with Crippen LogP contribution in [0.1, 0.15) is 11.1 Å². The van der Waals surface area contributed by atoms with Crippen LogP contribution in [0.25, 0.3) is 11.1 Å². The minimum atomic E-state index is -3.31. The van der Waals surface area contributed by atoms with E-state index >= 15 is 0 Å². The normalized spacial score (nSPS) is 11.7. The number of H-pyrrole nitrogens is 1. The number of hydrogen-bond donors (Lipinski definition) is 2. The van der Waals surface area contributed by atoms with Gasteiger partial charge in [-0.2, -0.15) is 5.10 Å². The van der Waals surface area contributed by atoms with Crippen LogP contribution in [0.2, 0.25) is 0 Å². The van der Waals surface area contributed by atoms with E-state index in [2.05, 4.69) is 10.2 Å². The van der Waals surface area contributed by atoms with Crippen LogP contribution in [-0.4, -0.2) is 24.9 Å². The van der Waals surface area contributed by atoms with E-state index in [-0.39, 0.29) is 4.90 Å². The molecule has 5 nitrogen and oxygen atoms in total. The third-order valence-electron chi connectivity index (χ3n) is 2.95. The first kappa shape index (κ1) is 12.6. The Morgan fingerprint density at radius 2 is 1.78 bits per heavy atom. The number of anilines is 1. The number of hydrogen-bond acceptors (Lipinski definition) is 4. The van der Waals surface area contributed by atoms with Gasteiger partial charge in [0.1, 0.15) is 5.82 Å². The van der Waals surface area contributed by atoms with Gasteiger partial charge in [-0.15, -0.1) is 0 Å². The summed E-state index contributed by atoms with van der Waals surface area (Å²) in [5.41, 5.74) is 8.90. The van der Waals surface area contributed by atoms with Crippen molar-refractivity contribution in [3.8, 4) is 11.1 Å². The largest absolute Gasteiger partial charge is 0.384 e. The summed E-state index contributed by atoms with van der Waals surface area (Å²) < 4.78 is 23.7. The zero-order valence-corrected chi connectivity index (χ0v) is 11.3. The van der Waals surface area contributed by atoms with Crippen LogP contribution in [0.4, 0.5) is 5.82 Å². The van der Waals surface area contributed by atoms with Gasteiger partial charge in [-0.1, -0.05) is 0 Å². The topological polar surface area (TPSA) is 88.8 Å². The van der Waals surface area contributed by atoms with Crippen LogP contribution in [0.5, 0.6) is 0 Å². The summed E-state index contributed by atoms with van der Waals surface area (Å²) in [6, 6.07) is 3.50. The van der Waals surface area contributed by atoms with E-state index in [4.69, 9.17) is 5.73 Å². The second-order valence-electron chi connectivity index (χ2n) is 4.40. The third kappa shape index (κ3) is 2.11. The maximum absolute atomic E-state index is 11.9. The molecular formula is C12H15N3O2S. The quantitative estimate of drug-likeness (QED) is 0.864. The number of aryl methyl sites for hydroxylation is 2. The Bertz CT molecular complexity index is 702.